The number of nitrogens with one attached hydrogen (secondary N) is 1. The van der Waals surface area contributed by atoms with E-state index in [2.05, 4.69) is 10.3 Å². The van der Waals surface area contributed by atoms with Crippen LogP contribution in [-0.2, 0) is 19.6 Å². The number of nitrogens with two attached hydrogens (primary N) is 1. The number of pyridine rings is 1. The third-order valence-electron chi connectivity index (χ3n) is 2.93. The Labute approximate surface area is 138 Å². The molecule has 0 aromatic carbocycles. The number of nitrogens with zero attached hydrogens (tertiary/aromatic N) is 2. The van der Waals surface area contributed by atoms with Gasteiger partial charge in [-0.3, -0.25) is 9.59 Å². The van der Waals surface area contributed by atoms with Crippen molar-refractivity contribution in [2.24, 2.45) is 0 Å². The molecule has 0 saturated heterocycles. The van der Waals surface area contributed by atoms with E-state index in [0.29, 0.717) is 0 Å². The molecule has 0 bridgehead atoms. The predicted molar refractivity (Wildman–Crippen MR) is 83.3 cm³/mol. The predicted octanol–water partition coefficient (Wildman–Crippen LogP) is -0.0829. The molecule has 128 valence electrons. The normalized spacial score (nSPS) is 12.9. The first-order chi connectivity index (χ1) is 10.6. The third-order valence-corrected chi connectivity index (χ3v) is 5.14. The van der Waals surface area contributed by atoms with Crippen LogP contribution in [0.25, 0.3) is 0 Å². The topological polar surface area (TPSA) is 143 Å². The maximum Gasteiger partial charge on any atom is 0.321 e. The summed E-state index contributed by atoms with van der Waals surface area (Å²) in [4.78, 5) is 25.4. The Kier molecular flexibility index (Phi) is 6.30. The minimum Gasteiger partial charge on any atom is -0.480 e. The zero-order valence-corrected chi connectivity index (χ0v) is 14.1. The van der Waals surface area contributed by atoms with Crippen LogP contribution in [-0.4, -0.2) is 53.8 Å². The van der Waals surface area contributed by atoms with E-state index >= 15 is 0 Å². The number of halogens is 1. The lowest BCUT2D eigenvalue weighted by molar-refractivity contribution is -0.140. The highest BCUT2D eigenvalue weighted by Crippen LogP contribution is 2.25. The van der Waals surface area contributed by atoms with Gasteiger partial charge in [-0.15, -0.1) is 0 Å². The summed E-state index contributed by atoms with van der Waals surface area (Å²) in [7, 11) is -4.27. The fraction of sp³-hybridized carbons (Fsp3) is 0.417. The van der Waals surface area contributed by atoms with Gasteiger partial charge in [-0.25, -0.2) is 13.4 Å². The minimum absolute atomic E-state index is 0.0440. The fourth-order valence-electron chi connectivity index (χ4n) is 1.75. The lowest BCUT2D eigenvalue weighted by Gasteiger charge is -2.26. The van der Waals surface area contributed by atoms with Crippen molar-refractivity contribution in [1.29, 1.82) is 0 Å². The average molecular weight is 365 g/mol. The van der Waals surface area contributed by atoms with Crippen molar-refractivity contribution in [3.63, 3.8) is 0 Å². The molecule has 0 aliphatic carbocycles. The molecule has 1 amide bonds. The second-order valence-electron chi connectivity index (χ2n) is 4.65. The van der Waals surface area contributed by atoms with E-state index in [0.717, 1.165) is 10.4 Å². The highest BCUT2D eigenvalue weighted by atomic mass is 35.5. The van der Waals surface area contributed by atoms with Crippen molar-refractivity contribution in [3.05, 3.63) is 17.3 Å². The molecule has 0 saturated carbocycles. The Balaban J connectivity index is 3.24. The summed E-state index contributed by atoms with van der Waals surface area (Å²) < 4.78 is 26.1. The number of carboxylic acids is 1. The molecule has 4 N–H and O–H groups in total. The van der Waals surface area contributed by atoms with Crippen LogP contribution in [0.2, 0.25) is 5.02 Å². The Hall–Kier alpha value is -1.91. The number of hydrogen-bond acceptors (Lipinski definition) is 6. The monoisotopic (exact) mass is 364 g/mol. The van der Waals surface area contributed by atoms with Crippen LogP contribution in [0.3, 0.4) is 0 Å². The van der Waals surface area contributed by atoms with Gasteiger partial charge in [0.15, 0.2) is 0 Å². The van der Waals surface area contributed by atoms with E-state index in [1.54, 1.807) is 0 Å². The summed E-state index contributed by atoms with van der Waals surface area (Å²) in [6, 6.07) is -0.272. The van der Waals surface area contributed by atoms with Gasteiger partial charge in [-0.1, -0.05) is 11.6 Å². The molecule has 1 heterocycles. The first kappa shape index (κ1) is 19.1. The molecule has 0 spiro atoms. The first-order valence-electron chi connectivity index (χ1n) is 6.47. The smallest absolute Gasteiger partial charge is 0.321 e. The third kappa shape index (κ3) is 4.78. The van der Waals surface area contributed by atoms with Gasteiger partial charge in [0.05, 0.1) is 5.02 Å². The number of carbonyl (C=O) groups is 2. The molecule has 1 aromatic rings. The van der Waals surface area contributed by atoms with E-state index in [4.69, 9.17) is 22.4 Å². The summed E-state index contributed by atoms with van der Waals surface area (Å²) in [5.74, 6) is -2.00. The number of rotatable bonds is 7. The minimum atomic E-state index is -4.27. The number of amides is 1. The molecule has 0 radical (unpaired) electrons. The molecule has 9 nitrogen and oxygen atoms in total. The van der Waals surface area contributed by atoms with Crippen LogP contribution in [0.15, 0.2) is 17.2 Å². The number of carbonyl (C=O) groups excluding carboxylic acids is 1. The molecular formula is C12H17ClN4O5S. The van der Waals surface area contributed by atoms with Crippen molar-refractivity contribution < 1.29 is 23.1 Å². The summed E-state index contributed by atoms with van der Waals surface area (Å²) in [5, 5.41) is 11.6. The molecule has 23 heavy (non-hydrogen) atoms. The second kappa shape index (κ2) is 7.57. The molecule has 1 aromatic heterocycles. The quantitative estimate of drug-likeness (QED) is 0.613. The van der Waals surface area contributed by atoms with E-state index in [1.165, 1.54) is 20.0 Å². The maximum atomic E-state index is 12.7. The van der Waals surface area contributed by atoms with Crippen molar-refractivity contribution in [2.45, 2.75) is 24.8 Å². The Morgan fingerprint density at radius 3 is 2.65 bits per heavy atom. The van der Waals surface area contributed by atoms with Crippen molar-refractivity contribution in [2.75, 3.05) is 18.8 Å². The number of sulfonamides is 1. The second-order valence-corrected chi connectivity index (χ2v) is 6.95. The van der Waals surface area contributed by atoms with Crippen LogP contribution in [0.5, 0.6) is 0 Å². The van der Waals surface area contributed by atoms with Gasteiger partial charge >= 0.3 is 5.97 Å². The van der Waals surface area contributed by atoms with Gasteiger partial charge in [0.25, 0.3) is 0 Å². The standard InChI is InChI=1S/C12H17ClN4O5S/c1-7(12(19)20)17(4-3-15-8(2)18)23(21,22)10-5-9(13)6-16-11(10)14/h5-7H,3-4H2,1-2H3,(H2,14,16)(H,15,18)(H,19,20). The summed E-state index contributed by atoms with van der Waals surface area (Å²) >= 11 is 5.74. The van der Waals surface area contributed by atoms with Crippen LogP contribution < -0.4 is 11.1 Å². The van der Waals surface area contributed by atoms with Crippen LogP contribution in [0.4, 0.5) is 5.82 Å². The average Bonchev–Trinajstić information content (AvgIpc) is 2.44. The van der Waals surface area contributed by atoms with Crippen molar-refractivity contribution in [1.82, 2.24) is 14.6 Å². The van der Waals surface area contributed by atoms with Crippen molar-refractivity contribution >= 4 is 39.3 Å². The highest BCUT2D eigenvalue weighted by molar-refractivity contribution is 7.89. The number of aromatic nitrogens is 1. The summed E-state index contributed by atoms with van der Waals surface area (Å²) in [6.07, 6.45) is 1.18. The number of nitrogen functional groups attached to an aromatic ring is 1. The van der Waals surface area contributed by atoms with Gasteiger partial charge < -0.3 is 16.2 Å². The van der Waals surface area contributed by atoms with Gasteiger partial charge in [-0.2, -0.15) is 4.31 Å². The van der Waals surface area contributed by atoms with Gasteiger partial charge in [0.1, 0.15) is 16.8 Å². The summed E-state index contributed by atoms with van der Waals surface area (Å²) in [6.45, 7) is 2.17. The van der Waals surface area contributed by atoms with Gasteiger partial charge in [0.2, 0.25) is 15.9 Å². The van der Waals surface area contributed by atoms with Crippen LogP contribution >= 0.6 is 11.6 Å². The molecular weight excluding hydrogens is 348 g/mol. The van der Waals surface area contributed by atoms with Crippen LogP contribution in [0, 0.1) is 0 Å². The Morgan fingerprint density at radius 1 is 1.52 bits per heavy atom. The lowest BCUT2D eigenvalue weighted by Crippen LogP contribution is -2.46. The zero-order chi connectivity index (χ0) is 17.8. The van der Waals surface area contributed by atoms with Gasteiger partial charge in [-0.05, 0) is 13.0 Å². The Bertz CT molecular complexity index is 709. The largest absolute Gasteiger partial charge is 0.480 e. The highest BCUT2D eigenvalue weighted by Gasteiger charge is 2.34. The van der Waals surface area contributed by atoms with E-state index in [1.807, 2.05) is 0 Å². The number of aliphatic carboxylic acids is 1. The molecule has 11 heteroatoms. The Morgan fingerprint density at radius 2 is 2.13 bits per heavy atom. The van der Waals surface area contributed by atoms with Gasteiger partial charge in [0, 0.05) is 26.2 Å². The van der Waals surface area contributed by atoms with E-state index in [-0.39, 0.29) is 34.7 Å². The maximum absolute atomic E-state index is 12.7. The number of hydrogen-bond donors (Lipinski definition) is 3. The van der Waals surface area contributed by atoms with E-state index in [9.17, 15) is 18.0 Å². The number of carboxylic acid groups (broad SMARTS) is 1. The first-order valence-corrected chi connectivity index (χ1v) is 8.29. The molecule has 0 aliphatic rings. The fourth-order valence-corrected chi connectivity index (χ4v) is 3.66. The zero-order valence-electron chi connectivity index (χ0n) is 12.5. The molecule has 0 fully saturated rings. The molecule has 1 unspecified atom stereocenters. The van der Waals surface area contributed by atoms with E-state index < -0.39 is 22.0 Å². The molecule has 0 aliphatic heterocycles. The van der Waals surface area contributed by atoms with Crippen LogP contribution in [0.1, 0.15) is 13.8 Å². The molecule has 1 atom stereocenters. The summed E-state index contributed by atoms with van der Waals surface area (Å²) in [5.41, 5.74) is 5.57. The van der Waals surface area contributed by atoms with Crippen molar-refractivity contribution in [3.8, 4) is 0 Å². The lowest BCUT2D eigenvalue weighted by atomic mass is 10.3. The number of anilines is 1. The SMILES string of the molecule is CC(=O)NCCN(C(C)C(=O)O)S(=O)(=O)c1cc(Cl)cnc1N. The molecule has 1 rings (SSSR count).